The molecule has 0 atom stereocenters. The minimum atomic E-state index is -0.397. The zero-order valence-electron chi connectivity index (χ0n) is 28.6. The van der Waals surface area contributed by atoms with Gasteiger partial charge >= 0.3 is 0 Å². The number of carbonyl (C=O) groups excluding carboxylic acids is 2. The van der Waals surface area contributed by atoms with Crippen molar-refractivity contribution in [1.29, 1.82) is 0 Å². The topological polar surface area (TPSA) is 37.4 Å². The lowest BCUT2D eigenvalue weighted by atomic mass is 9.91. The first-order chi connectivity index (χ1) is 19.5. The number of rotatable bonds is 30. The van der Waals surface area contributed by atoms with Crippen LogP contribution >= 0.6 is 0 Å². The molecule has 0 spiro atoms. The smallest absolute Gasteiger partial charge is 0.144 e. The van der Waals surface area contributed by atoms with Gasteiger partial charge in [-0.15, -0.1) is 0 Å². The Balaban J connectivity index is 0. The van der Waals surface area contributed by atoms with E-state index in [0.29, 0.717) is 19.4 Å². The summed E-state index contributed by atoms with van der Waals surface area (Å²) >= 11 is 0. The SMILES string of the molecule is CCC.CCCCCCCCCCCCCC(=O)C(CN(CC)CC)C(=O)CCCCCCCCCCCCC. The van der Waals surface area contributed by atoms with Crippen LogP contribution in [-0.2, 0) is 9.59 Å². The van der Waals surface area contributed by atoms with Gasteiger partial charge in [0.2, 0.25) is 0 Å². The highest BCUT2D eigenvalue weighted by molar-refractivity contribution is 6.02. The van der Waals surface area contributed by atoms with Gasteiger partial charge in [0.25, 0.3) is 0 Å². The van der Waals surface area contributed by atoms with E-state index in [9.17, 15) is 9.59 Å². The van der Waals surface area contributed by atoms with Crippen LogP contribution in [0.3, 0.4) is 0 Å². The number of hydrogen-bond acceptors (Lipinski definition) is 3. The van der Waals surface area contributed by atoms with Crippen LogP contribution in [0.4, 0.5) is 0 Å². The van der Waals surface area contributed by atoms with Crippen LogP contribution in [0, 0.1) is 5.92 Å². The number of unbranched alkanes of at least 4 members (excludes halogenated alkanes) is 20. The van der Waals surface area contributed by atoms with Crippen molar-refractivity contribution in [3.05, 3.63) is 0 Å². The number of carbonyl (C=O) groups is 2. The molecule has 0 aliphatic rings. The molecule has 0 aliphatic carbocycles. The van der Waals surface area contributed by atoms with Crippen molar-refractivity contribution in [3.63, 3.8) is 0 Å². The third kappa shape index (κ3) is 28.8. The van der Waals surface area contributed by atoms with Crippen LogP contribution in [0.25, 0.3) is 0 Å². The van der Waals surface area contributed by atoms with Crippen LogP contribution in [0.1, 0.15) is 202 Å². The standard InChI is InChI=1S/C34H67NO2.C3H8/c1-5-9-11-13-15-17-19-21-23-25-27-29-33(36)32(31-35(7-3)8-4)34(37)30-28-26-24-22-20-18-16-14-12-10-6-2;1-3-2/h32H,5-31H2,1-4H3;3H2,1-2H3. The average molecular weight is 566 g/mol. The number of ketones is 2. The first-order valence-electron chi connectivity index (χ1n) is 18.3. The van der Waals surface area contributed by atoms with Gasteiger partial charge in [0, 0.05) is 19.4 Å². The molecule has 0 aromatic carbocycles. The molecular formula is C37H75NO2. The largest absolute Gasteiger partial charge is 0.303 e. The summed E-state index contributed by atoms with van der Waals surface area (Å²) in [6.45, 7) is 15.5. The van der Waals surface area contributed by atoms with Crippen LogP contribution in [0.5, 0.6) is 0 Å². The van der Waals surface area contributed by atoms with E-state index < -0.39 is 5.92 Å². The summed E-state index contributed by atoms with van der Waals surface area (Å²) in [4.78, 5) is 28.4. The second-order valence-electron chi connectivity index (χ2n) is 12.2. The fourth-order valence-electron chi connectivity index (χ4n) is 5.40. The average Bonchev–Trinajstić information content (AvgIpc) is 2.95. The van der Waals surface area contributed by atoms with Crippen molar-refractivity contribution in [2.24, 2.45) is 5.92 Å². The summed E-state index contributed by atoms with van der Waals surface area (Å²) in [6, 6.07) is 0. The molecule has 0 N–H and O–H groups in total. The van der Waals surface area contributed by atoms with E-state index in [1.165, 1.54) is 122 Å². The Morgan fingerprint density at radius 1 is 0.425 bits per heavy atom. The highest BCUT2D eigenvalue weighted by Gasteiger charge is 2.26. The van der Waals surface area contributed by atoms with E-state index in [2.05, 4.69) is 46.4 Å². The molecule has 0 aromatic rings. The molecule has 0 unspecified atom stereocenters. The van der Waals surface area contributed by atoms with Gasteiger partial charge in [0.05, 0.1) is 5.92 Å². The quantitative estimate of drug-likeness (QED) is 0.0642. The van der Waals surface area contributed by atoms with Gasteiger partial charge < -0.3 is 4.90 Å². The summed E-state index contributed by atoms with van der Waals surface area (Å²) in [5.74, 6) is 0.0120. The summed E-state index contributed by atoms with van der Waals surface area (Å²) < 4.78 is 0. The molecule has 0 rings (SSSR count). The maximum absolute atomic E-state index is 13.1. The van der Waals surface area contributed by atoms with E-state index >= 15 is 0 Å². The number of nitrogens with zero attached hydrogens (tertiary/aromatic N) is 1. The molecule has 40 heavy (non-hydrogen) atoms. The Labute approximate surface area is 253 Å². The molecular weight excluding hydrogens is 490 g/mol. The maximum atomic E-state index is 13.1. The highest BCUT2D eigenvalue weighted by Crippen LogP contribution is 2.17. The van der Waals surface area contributed by atoms with Gasteiger partial charge in [-0.25, -0.2) is 0 Å². The Kier molecular flexibility index (Phi) is 35.7. The molecule has 3 heteroatoms. The molecule has 0 heterocycles. The van der Waals surface area contributed by atoms with Gasteiger partial charge in [0.1, 0.15) is 11.6 Å². The maximum Gasteiger partial charge on any atom is 0.144 e. The Hall–Kier alpha value is -0.700. The monoisotopic (exact) mass is 566 g/mol. The van der Waals surface area contributed by atoms with Gasteiger partial charge in [-0.1, -0.05) is 176 Å². The number of hydrogen-bond donors (Lipinski definition) is 0. The highest BCUT2D eigenvalue weighted by atomic mass is 16.1. The van der Waals surface area contributed by atoms with Gasteiger partial charge in [0.15, 0.2) is 0 Å². The minimum absolute atomic E-state index is 0.205. The molecule has 0 saturated heterocycles. The Bertz CT molecular complexity index is 476. The summed E-state index contributed by atoms with van der Waals surface area (Å²) in [6.07, 6.45) is 30.8. The Morgan fingerprint density at radius 3 is 0.925 bits per heavy atom. The lowest BCUT2D eigenvalue weighted by Gasteiger charge is -2.24. The molecule has 3 nitrogen and oxygen atoms in total. The third-order valence-electron chi connectivity index (χ3n) is 8.17. The molecule has 0 fully saturated rings. The van der Waals surface area contributed by atoms with Crippen LogP contribution in [-0.4, -0.2) is 36.1 Å². The summed E-state index contributed by atoms with van der Waals surface area (Å²) in [7, 11) is 0. The molecule has 0 bridgehead atoms. The molecule has 0 aliphatic heterocycles. The summed E-state index contributed by atoms with van der Waals surface area (Å²) in [5.41, 5.74) is 0. The van der Waals surface area contributed by atoms with E-state index in [4.69, 9.17) is 0 Å². The Morgan fingerprint density at radius 2 is 0.675 bits per heavy atom. The summed E-state index contributed by atoms with van der Waals surface area (Å²) in [5, 5.41) is 0. The molecule has 0 amide bonds. The lowest BCUT2D eigenvalue weighted by Crippen LogP contribution is -2.37. The first-order valence-corrected chi connectivity index (χ1v) is 18.3. The predicted octanol–water partition coefficient (Wildman–Crippen LogP) is 11.9. The van der Waals surface area contributed by atoms with Crippen molar-refractivity contribution in [1.82, 2.24) is 4.90 Å². The number of Topliss-reactive ketones (excluding diaryl/α,β-unsaturated/α-hetero) is 2. The first kappa shape index (κ1) is 41.4. The minimum Gasteiger partial charge on any atom is -0.303 e. The molecule has 240 valence electrons. The van der Waals surface area contributed by atoms with Crippen LogP contribution in [0.2, 0.25) is 0 Å². The van der Waals surface area contributed by atoms with Gasteiger partial charge in [-0.3, -0.25) is 9.59 Å². The van der Waals surface area contributed by atoms with Crippen molar-refractivity contribution < 1.29 is 9.59 Å². The van der Waals surface area contributed by atoms with Crippen LogP contribution in [0.15, 0.2) is 0 Å². The van der Waals surface area contributed by atoms with Gasteiger partial charge in [-0.2, -0.15) is 0 Å². The lowest BCUT2D eigenvalue weighted by molar-refractivity contribution is -0.133. The fourth-order valence-corrected chi connectivity index (χ4v) is 5.40. The molecule has 0 aromatic heterocycles. The van der Waals surface area contributed by atoms with E-state index in [1.54, 1.807) is 0 Å². The van der Waals surface area contributed by atoms with Crippen molar-refractivity contribution >= 4 is 11.6 Å². The predicted molar refractivity (Wildman–Crippen MR) is 179 cm³/mol. The van der Waals surface area contributed by atoms with Crippen molar-refractivity contribution in [3.8, 4) is 0 Å². The van der Waals surface area contributed by atoms with Gasteiger partial charge in [-0.05, 0) is 25.9 Å². The fraction of sp³-hybridized carbons (Fsp3) is 0.946. The van der Waals surface area contributed by atoms with Crippen molar-refractivity contribution in [2.45, 2.75) is 202 Å². The van der Waals surface area contributed by atoms with E-state index in [1.807, 2.05) is 0 Å². The van der Waals surface area contributed by atoms with E-state index in [-0.39, 0.29) is 11.6 Å². The normalized spacial score (nSPS) is 11.2. The van der Waals surface area contributed by atoms with Crippen molar-refractivity contribution in [2.75, 3.05) is 19.6 Å². The molecule has 0 radical (unpaired) electrons. The third-order valence-corrected chi connectivity index (χ3v) is 8.17. The van der Waals surface area contributed by atoms with Crippen LogP contribution < -0.4 is 0 Å². The second-order valence-corrected chi connectivity index (χ2v) is 12.2. The van der Waals surface area contributed by atoms with E-state index in [0.717, 1.165) is 38.8 Å². The molecule has 0 saturated carbocycles. The second kappa shape index (κ2) is 34.5. The zero-order chi connectivity index (χ0) is 30.1. The zero-order valence-corrected chi connectivity index (χ0v) is 28.6.